The smallest absolute Gasteiger partial charge is 0.224 e. The maximum atomic E-state index is 13.3. The molecule has 1 aromatic rings. The number of carbonyl (C=O) groups is 1. The van der Waals surface area contributed by atoms with Crippen LogP contribution in [0.2, 0.25) is 0 Å². The molecule has 17 heavy (non-hydrogen) atoms. The van der Waals surface area contributed by atoms with Gasteiger partial charge in [0, 0.05) is 12.4 Å². The van der Waals surface area contributed by atoms with E-state index in [4.69, 9.17) is 11.6 Å². The van der Waals surface area contributed by atoms with Crippen molar-refractivity contribution < 1.29 is 9.18 Å². The van der Waals surface area contributed by atoms with Crippen LogP contribution in [0, 0.1) is 11.2 Å². The first-order valence-electron chi connectivity index (χ1n) is 5.51. The average Bonchev–Trinajstić information content (AvgIpc) is 2.30. The van der Waals surface area contributed by atoms with Gasteiger partial charge in [0.2, 0.25) is 5.91 Å². The third kappa shape index (κ3) is 4.73. The number of benzene rings is 1. The summed E-state index contributed by atoms with van der Waals surface area (Å²) >= 11 is 5.75. The highest BCUT2D eigenvalue weighted by molar-refractivity contribution is 6.18. The number of amides is 1. The van der Waals surface area contributed by atoms with Gasteiger partial charge in [-0.3, -0.25) is 4.79 Å². The minimum atomic E-state index is -0.348. The summed E-state index contributed by atoms with van der Waals surface area (Å²) in [4.78, 5) is 11.6. The molecule has 0 unspecified atom stereocenters. The Hall–Kier alpha value is -1.09. The lowest BCUT2D eigenvalue weighted by molar-refractivity contribution is -0.120. The quantitative estimate of drug-likeness (QED) is 0.808. The molecule has 0 aliphatic carbocycles. The lowest BCUT2D eigenvalue weighted by atomic mass is 9.96. The molecule has 1 amide bonds. The monoisotopic (exact) mass is 257 g/mol. The van der Waals surface area contributed by atoms with Crippen molar-refractivity contribution in [3.63, 3.8) is 0 Å². The number of alkyl halides is 1. The van der Waals surface area contributed by atoms with Gasteiger partial charge in [-0.15, -0.1) is 11.6 Å². The molecule has 1 N–H and O–H groups in total. The molecule has 0 atom stereocenters. The van der Waals surface area contributed by atoms with Crippen molar-refractivity contribution in [3.05, 3.63) is 35.6 Å². The molecule has 94 valence electrons. The van der Waals surface area contributed by atoms with Gasteiger partial charge >= 0.3 is 0 Å². The first-order valence-corrected chi connectivity index (χ1v) is 6.04. The Bertz CT molecular complexity index is 393. The lowest BCUT2D eigenvalue weighted by Crippen LogP contribution is -2.35. The molecule has 0 fully saturated rings. The van der Waals surface area contributed by atoms with E-state index in [1.807, 2.05) is 13.8 Å². The van der Waals surface area contributed by atoms with Crippen LogP contribution in [0.15, 0.2) is 24.3 Å². The van der Waals surface area contributed by atoms with Crippen LogP contribution in [-0.4, -0.2) is 18.3 Å². The van der Waals surface area contributed by atoms with Gasteiger partial charge in [0.1, 0.15) is 5.82 Å². The van der Waals surface area contributed by atoms with Gasteiger partial charge < -0.3 is 5.32 Å². The van der Waals surface area contributed by atoms with E-state index in [-0.39, 0.29) is 23.6 Å². The van der Waals surface area contributed by atoms with Crippen LogP contribution in [0.3, 0.4) is 0 Å². The summed E-state index contributed by atoms with van der Waals surface area (Å²) < 4.78 is 13.3. The van der Waals surface area contributed by atoms with Crippen LogP contribution in [0.5, 0.6) is 0 Å². The highest BCUT2D eigenvalue weighted by atomic mass is 35.5. The number of carbonyl (C=O) groups excluding carboxylic acids is 1. The number of hydrogen-bond acceptors (Lipinski definition) is 1. The van der Waals surface area contributed by atoms with E-state index in [9.17, 15) is 9.18 Å². The molecule has 0 bridgehead atoms. The first kappa shape index (κ1) is 14.0. The van der Waals surface area contributed by atoms with Gasteiger partial charge in [0.25, 0.3) is 0 Å². The maximum Gasteiger partial charge on any atom is 0.224 e. The fourth-order valence-corrected chi connectivity index (χ4v) is 1.36. The average molecular weight is 258 g/mol. The van der Waals surface area contributed by atoms with E-state index in [1.165, 1.54) is 6.07 Å². The summed E-state index contributed by atoms with van der Waals surface area (Å²) in [5.74, 6) is -0.0694. The Kier molecular flexibility index (Phi) is 4.94. The van der Waals surface area contributed by atoms with Gasteiger partial charge in [-0.1, -0.05) is 32.0 Å². The molecule has 0 heterocycles. The Morgan fingerprint density at radius 1 is 1.41 bits per heavy atom. The van der Waals surface area contributed by atoms with Crippen LogP contribution in [0.25, 0.3) is 0 Å². The molecule has 2 nitrogen and oxygen atoms in total. The predicted molar refractivity (Wildman–Crippen MR) is 67.6 cm³/mol. The molecule has 0 aliphatic heterocycles. The minimum Gasteiger partial charge on any atom is -0.355 e. The Morgan fingerprint density at radius 2 is 2.06 bits per heavy atom. The topological polar surface area (TPSA) is 29.1 Å². The molecule has 0 aliphatic rings. The molecule has 4 heteroatoms. The maximum absolute atomic E-state index is 13.3. The fraction of sp³-hybridized carbons (Fsp3) is 0.462. The van der Waals surface area contributed by atoms with Crippen molar-refractivity contribution in [2.24, 2.45) is 5.41 Å². The molecular formula is C13H17ClFNO. The van der Waals surface area contributed by atoms with E-state index in [2.05, 4.69) is 5.32 Å². The molecule has 1 aromatic carbocycles. The Balaban J connectivity index is 2.48. The third-order valence-corrected chi connectivity index (χ3v) is 3.16. The minimum absolute atomic E-state index is 0.0606. The summed E-state index contributed by atoms with van der Waals surface area (Å²) in [6.07, 6.45) is 0.0606. The van der Waals surface area contributed by atoms with E-state index < -0.39 is 0 Å². The molecule has 0 saturated carbocycles. The van der Waals surface area contributed by atoms with Gasteiger partial charge in [0.15, 0.2) is 0 Å². The van der Waals surface area contributed by atoms with Crippen LogP contribution >= 0.6 is 11.6 Å². The van der Waals surface area contributed by atoms with E-state index in [1.54, 1.807) is 18.2 Å². The molecule has 0 saturated heterocycles. The van der Waals surface area contributed by atoms with Crippen molar-refractivity contribution in [2.75, 3.05) is 12.4 Å². The highest BCUT2D eigenvalue weighted by Gasteiger charge is 2.17. The van der Waals surface area contributed by atoms with Crippen molar-refractivity contribution >= 4 is 17.5 Å². The summed E-state index contributed by atoms with van der Waals surface area (Å²) in [6.45, 7) is 4.41. The number of halogens is 2. The van der Waals surface area contributed by atoms with Crippen LogP contribution in [0.1, 0.15) is 19.4 Å². The largest absolute Gasteiger partial charge is 0.355 e. The fourth-order valence-electron chi connectivity index (χ4n) is 1.26. The van der Waals surface area contributed by atoms with E-state index >= 15 is 0 Å². The molecule has 0 radical (unpaired) electrons. The summed E-state index contributed by atoms with van der Waals surface area (Å²) in [5.41, 5.74) is 0.264. The first-order chi connectivity index (χ1) is 7.94. The van der Waals surface area contributed by atoms with Crippen molar-refractivity contribution in [1.29, 1.82) is 0 Å². The van der Waals surface area contributed by atoms with Crippen molar-refractivity contribution in [3.8, 4) is 0 Å². The van der Waals surface area contributed by atoms with Crippen LogP contribution in [0.4, 0.5) is 4.39 Å². The van der Waals surface area contributed by atoms with Gasteiger partial charge in [-0.25, -0.2) is 4.39 Å². The van der Waals surface area contributed by atoms with E-state index in [0.29, 0.717) is 18.0 Å². The zero-order valence-electron chi connectivity index (χ0n) is 10.1. The highest BCUT2D eigenvalue weighted by Crippen LogP contribution is 2.15. The molecule has 1 rings (SSSR count). The summed E-state index contributed by atoms with van der Waals surface area (Å²) in [5, 5.41) is 2.76. The number of rotatable bonds is 5. The molecular weight excluding hydrogens is 241 g/mol. The zero-order chi connectivity index (χ0) is 12.9. The summed E-state index contributed by atoms with van der Waals surface area (Å²) in [7, 11) is 0. The number of nitrogens with one attached hydrogen (secondary N) is 1. The molecule has 0 spiro atoms. The second-order valence-electron chi connectivity index (χ2n) is 4.84. The van der Waals surface area contributed by atoms with Gasteiger partial charge in [-0.05, 0) is 17.0 Å². The number of hydrogen-bond donors (Lipinski definition) is 1. The third-order valence-electron chi connectivity index (χ3n) is 2.43. The summed E-state index contributed by atoms with van der Waals surface area (Å²) in [6, 6.07) is 6.29. The Labute approximate surface area is 106 Å². The Morgan fingerprint density at radius 3 is 2.65 bits per heavy atom. The van der Waals surface area contributed by atoms with E-state index in [0.717, 1.165) is 0 Å². The van der Waals surface area contributed by atoms with Gasteiger partial charge in [-0.2, -0.15) is 0 Å². The molecule has 0 aromatic heterocycles. The SMILES string of the molecule is CC(C)(CCl)CNC(=O)Cc1ccccc1F. The second-order valence-corrected chi connectivity index (χ2v) is 5.11. The van der Waals surface area contributed by atoms with Gasteiger partial charge in [0.05, 0.1) is 6.42 Å². The standard InChI is InChI=1S/C13H17ClFNO/c1-13(2,8-14)9-16-12(17)7-10-5-3-4-6-11(10)15/h3-6H,7-9H2,1-2H3,(H,16,17). The van der Waals surface area contributed by atoms with Crippen molar-refractivity contribution in [2.45, 2.75) is 20.3 Å². The predicted octanol–water partition coefficient (Wildman–Crippen LogP) is 2.75. The zero-order valence-corrected chi connectivity index (χ0v) is 10.9. The van der Waals surface area contributed by atoms with Crippen LogP contribution in [-0.2, 0) is 11.2 Å². The van der Waals surface area contributed by atoms with Crippen LogP contribution < -0.4 is 5.32 Å². The van der Waals surface area contributed by atoms with Crippen molar-refractivity contribution in [1.82, 2.24) is 5.32 Å². The second kappa shape index (κ2) is 6.01. The lowest BCUT2D eigenvalue weighted by Gasteiger charge is -2.21. The normalized spacial score (nSPS) is 11.3.